The summed E-state index contributed by atoms with van der Waals surface area (Å²) in [6, 6.07) is 15.3. The number of hydrogen-bond donors (Lipinski definition) is 1. The topological polar surface area (TPSA) is 29.5 Å². The Morgan fingerprint density at radius 1 is 1.16 bits per heavy atom. The Bertz CT molecular complexity index is 540. The molecule has 0 aliphatic carbocycles. The molecule has 100 valence electrons. The third-order valence-corrected chi connectivity index (χ3v) is 3.27. The molecule has 0 saturated heterocycles. The highest BCUT2D eigenvalue weighted by Gasteiger charge is 2.12. The number of aliphatic hydroxyl groups excluding tert-OH is 1. The van der Waals surface area contributed by atoms with Crippen LogP contribution >= 0.6 is 11.6 Å². The summed E-state index contributed by atoms with van der Waals surface area (Å²) in [5.41, 5.74) is 2.94. The lowest BCUT2D eigenvalue weighted by Gasteiger charge is -2.15. The third-order valence-electron chi connectivity index (χ3n) is 3.03. The number of ether oxygens (including phenoxy) is 1. The van der Waals surface area contributed by atoms with Gasteiger partial charge in [-0.25, -0.2) is 0 Å². The summed E-state index contributed by atoms with van der Waals surface area (Å²) < 4.78 is 5.16. The van der Waals surface area contributed by atoms with Crippen LogP contribution in [0.4, 0.5) is 0 Å². The fourth-order valence-corrected chi connectivity index (χ4v) is 2.36. The van der Waals surface area contributed by atoms with E-state index in [0.717, 1.165) is 16.7 Å². The van der Waals surface area contributed by atoms with Gasteiger partial charge in [0.15, 0.2) is 0 Å². The Kier molecular flexibility index (Phi) is 4.97. The first-order valence-corrected chi connectivity index (χ1v) is 6.57. The summed E-state index contributed by atoms with van der Waals surface area (Å²) in [5.74, 6) is 0. The normalized spacial score (nSPS) is 12.4. The van der Waals surface area contributed by atoms with Gasteiger partial charge in [-0.05, 0) is 28.8 Å². The lowest BCUT2D eigenvalue weighted by Crippen LogP contribution is -2.06. The van der Waals surface area contributed by atoms with Crippen LogP contribution in [0, 0.1) is 0 Å². The SMILES string of the molecule is COCc1ccccc1C(O)Cc1cccc(Cl)c1. The molecular formula is C16H17ClO2. The van der Waals surface area contributed by atoms with Crippen molar-refractivity contribution in [3.05, 3.63) is 70.2 Å². The van der Waals surface area contributed by atoms with Crippen LogP contribution in [-0.2, 0) is 17.8 Å². The smallest absolute Gasteiger partial charge is 0.0833 e. The summed E-state index contributed by atoms with van der Waals surface area (Å²) in [6.07, 6.45) is -0.00815. The molecule has 0 heterocycles. The van der Waals surface area contributed by atoms with Crippen molar-refractivity contribution in [3.63, 3.8) is 0 Å². The van der Waals surface area contributed by atoms with E-state index in [2.05, 4.69) is 0 Å². The Morgan fingerprint density at radius 2 is 1.95 bits per heavy atom. The molecule has 0 spiro atoms. The molecule has 0 bridgehead atoms. The van der Waals surface area contributed by atoms with E-state index in [0.29, 0.717) is 18.1 Å². The van der Waals surface area contributed by atoms with E-state index in [9.17, 15) is 5.11 Å². The first-order chi connectivity index (χ1) is 9.20. The zero-order valence-electron chi connectivity index (χ0n) is 10.8. The van der Waals surface area contributed by atoms with Crippen LogP contribution in [0.5, 0.6) is 0 Å². The van der Waals surface area contributed by atoms with E-state index in [1.807, 2.05) is 48.5 Å². The molecule has 0 radical (unpaired) electrons. The zero-order valence-corrected chi connectivity index (χ0v) is 11.6. The third kappa shape index (κ3) is 3.80. The van der Waals surface area contributed by atoms with Crippen LogP contribution in [0.15, 0.2) is 48.5 Å². The highest BCUT2D eigenvalue weighted by Crippen LogP contribution is 2.23. The van der Waals surface area contributed by atoms with Gasteiger partial charge in [0, 0.05) is 18.6 Å². The summed E-state index contributed by atoms with van der Waals surface area (Å²) >= 11 is 5.95. The van der Waals surface area contributed by atoms with Gasteiger partial charge in [-0.2, -0.15) is 0 Å². The fourth-order valence-electron chi connectivity index (χ4n) is 2.14. The maximum absolute atomic E-state index is 10.4. The van der Waals surface area contributed by atoms with Gasteiger partial charge in [0.25, 0.3) is 0 Å². The molecule has 2 aromatic rings. The quantitative estimate of drug-likeness (QED) is 0.901. The minimum absolute atomic E-state index is 0.503. The van der Waals surface area contributed by atoms with E-state index in [1.54, 1.807) is 7.11 Å². The van der Waals surface area contributed by atoms with Crippen LogP contribution in [0.2, 0.25) is 5.02 Å². The molecule has 0 fully saturated rings. The van der Waals surface area contributed by atoms with E-state index < -0.39 is 6.10 Å². The van der Waals surface area contributed by atoms with Crippen LogP contribution < -0.4 is 0 Å². The summed E-state index contributed by atoms with van der Waals surface area (Å²) in [6.45, 7) is 0.503. The zero-order chi connectivity index (χ0) is 13.7. The average Bonchev–Trinajstić information content (AvgIpc) is 2.39. The van der Waals surface area contributed by atoms with Gasteiger partial charge < -0.3 is 9.84 Å². The van der Waals surface area contributed by atoms with Gasteiger partial charge in [-0.3, -0.25) is 0 Å². The van der Waals surface area contributed by atoms with Crippen molar-refractivity contribution in [1.82, 2.24) is 0 Å². The molecule has 19 heavy (non-hydrogen) atoms. The fraction of sp³-hybridized carbons (Fsp3) is 0.250. The van der Waals surface area contributed by atoms with E-state index in [1.165, 1.54) is 0 Å². The maximum atomic E-state index is 10.4. The second kappa shape index (κ2) is 6.71. The Morgan fingerprint density at radius 3 is 2.68 bits per heavy atom. The van der Waals surface area contributed by atoms with Crippen molar-refractivity contribution in [2.45, 2.75) is 19.1 Å². The molecule has 0 amide bonds. The van der Waals surface area contributed by atoms with Crippen LogP contribution in [0.3, 0.4) is 0 Å². The summed E-state index contributed by atoms with van der Waals surface area (Å²) in [5, 5.41) is 11.1. The molecule has 2 rings (SSSR count). The molecular weight excluding hydrogens is 260 g/mol. The largest absolute Gasteiger partial charge is 0.388 e. The molecule has 1 N–H and O–H groups in total. The predicted molar refractivity (Wildman–Crippen MR) is 77.3 cm³/mol. The van der Waals surface area contributed by atoms with Crippen molar-refractivity contribution >= 4 is 11.6 Å². The van der Waals surface area contributed by atoms with Crippen LogP contribution in [0.25, 0.3) is 0 Å². The first kappa shape index (κ1) is 14.1. The number of halogens is 1. The maximum Gasteiger partial charge on any atom is 0.0833 e. The van der Waals surface area contributed by atoms with Crippen molar-refractivity contribution in [1.29, 1.82) is 0 Å². The van der Waals surface area contributed by atoms with Crippen molar-refractivity contribution in [3.8, 4) is 0 Å². The van der Waals surface area contributed by atoms with Crippen molar-refractivity contribution in [2.24, 2.45) is 0 Å². The van der Waals surface area contributed by atoms with Gasteiger partial charge in [0.1, 0.15) is 0 Å². The van der Waals surface area contributed by atoms with Gasteiger partial charge >= 0.3 is 0 Å². The molecule has 0 aromatic heterocycles. The molecule has 2 nitrogen and oxygen atoms in total. The van der Waals surface area contributed by atoms with E-state index in [-0.39, 0.29) is 0 Å². The lowest BCUT2D eigenvalue weighted by atomic mass is 9.97. The van der Waals surface area contributed by atoms with Crippen molar-refractivity contribution < 1.29 is 9.84 Å². The number of rotatable bonds is 5. The minimum atomic E-state index is -0.551. The predicted octanol–water partition coefficient (Wildman–Crippen LogP) is 3.76. The number of benzene rings is 2. The molecule has 0 aliphatic rings. The van der Waals surface area contributed by atoms with Crippen molar-refractivity contribution in [2.75, 3.05) is 7.11 Å². The molecule has 1 unspecified atom stereocenters. The van der Waals surface area contributed by atoms with Gasteiger partial charge in [0.05, 0.1) is 12.7 Å². The second-order valence-electron chi connectivity index (χ2n) is 4.48. The summed E-state index contributed by atoms with van der Waals surface area (Å²) in [4.78, 5) is 0. The molecule has 0 saturated carbocycles. The highest BCUT2D eigenvalue weighted by atomic mass is 35.5. The average molecular weight is 277 g/mol. The molecule has 3 heteroatoms. The number of hydrogen-bond acceptors (Lipinski definition) is 2. The number of methoxy groups -OCH3 is 1. The second-order valence-corrected chi connectivity index (χ2v) is 4.92. The van der Waals surface area contributed by atoms with Gasteiger partial charge in [0.2, 0.25) is 0 Å². The van der Waals surface area contributed by atoms with Gasteiger partial charge in [-0.15, -0.1) is 0 Å². The Labute approximate surface area is 118 Å². The Hall–Kier alpha value is -1.35. The minimum Gasteiger partial charge on any atom is -0.388 e. The molecule has 0 aliphatic heterocycles. The summed E-state index contributed by atoms with van der Waals surface area (Å²) in [7, 11) is 1.65. The van der Waals surface area contributed by atoms with E-state index >= 15 is 0 Å². The standard InChI is InChI=1S/C16H17ClO2/c1-19-11-13-6-2-3-8-15(13)16(18)10-12-5-4-7-14(17)9-12/h2-9,16,18H,10-11H2,1H3. The Balaban J connectivity index is 2.17. The van der Waals surface area contributed by atoms with E-state index in [4.69, 9.17) is 16.3 Å². The van der Waals surface area contributed by atoms with Crippen LogP contribution in [-0.4, -0.2) is 12.2 Å². The van der Waals surface area contributed by atoms with Gasteiger partial charge in [-0.1, -0.05) is 48.0 Å². The monoisotopic (exact) mass is 276 g/mol. The molecule has 1 atom stereocenters. The number of aliphatic hydroxyl groups is 1. The van der Waals surface area contributed by atoms with Crippen LogP contribution in [0.1, 0.15) is 22.8 Å². The first-order valence-electron chi connectivity index (χ1n) is 6.20. The molecule has 2 aromatic carbocycles. The lowest BCUT2D eigenvalue weighted by molar-refractivity contribution is 0.161. The highest BCUT2D eigenvalue weighted by molar-refractivity contribution is 6.30.